The van der Waals surface area contributed by atoms with Crippen molar-refractivity contribution in [2.24, 2.45) is 0 Å². The molecule has 0 spiro atoms. The van der Waals surface area contributed by atoms with Gasteiger partial charge in [0.2, 0.25) is 10.0 Å². The fourth-order valence-corrected chi connectivity index (χ4v) is 4.73. The van der Waals surface area contributed by atoms with E-state index < -0.39 is 21.7 Å². The van der Waals surface area contributed by atoms with E-state index in [1.807, 2.05) is 4.90 Å². The summed E-state index contributed by atoms with van der Waals surface area (Å²) in [5, 5.41) is 0. The number of ether oxygens (including phenoxy) is 1. The molecule has 0 radical (unpaired) electrons. The molecule has 0 unspecified atom stereocenters. The number of hydrogen-bond acceptors (Lipinski definition) is 4. The van der Waals surface area contributed by atoms with Gasteiger partial charge < -0.3 is 9.64 Å². The average molecular weight is 396 g/mol. The Morgan fingerprint density at radius 2 is 1.81 bits per heavy atom. The van der Waals surface area contributed by atoms with Crippen molar-refractivity contribution in [3.05, 3.63) is 59.7 Å². The van der Waals surface area contributed by atoms with Gasteiger partial charge in [0.25, 0.3) is 0 Å². The molecule has 146 valence electrons. The minimum Gasteiger partial charge on any atom is -0.497 e. The van der Waals surface area contributed by atoms with E-state index in [4.69, 9.17) is 4.74 Å². The van der Waals surface area contributed by atoms with Crippen molar-refractivity contribution < 1.29 is 21.9 Å². The van der Waals surface area contributed by atoms with Crippen molar-refractivity contribution in [1.82, 2.24) is 4.31 Å². The van der Waals surface area contributed by atoms with E-state index in [-0.39, 0.29) is 5.75 Å². The Kier molecular flexibility index (Phi) is 5.96. The van der Waals surface area contributed by atoms with Gasteiger partial charge in [-0.1, -0.05) is 12.1 Å². The number of anilines is 1. The van der Waals surface area contributed by atoms with Crippen LogP contribution in [0.1, 0.15) is 12.0 Å². The maximum atomic E-state index is 13.5. The highest BCUT2D eigenvalue weighted by atomic mass is 32.2. The normalized spacial score (nSPS) is 16.2. The van der Waals surface area contributed by atoms with Gasteiger partial charge in [0.05, 0.1) is 12.9 Å². The van der Waals surface area contributed by atoms with Crippen molar-refractivity contribution in [2.45, 2.75) is 12.2 Å². The first-order valence-corrected chi connectivity index (χ1v) is 10.3. The van der Waals surface area contributed by atoms with Crippen LogP contribution in [-0.2, 0) is 15.8 Å². The Balaban J connectivity index is 1.69. The molecule has 0 saturated carbocycles. The Labute approximate surface area is 158 Å². The van der Waals surface area contributed by atoms with Gasteiger partial charge in [-0.05, 0) is 36.2 Å². The monoisotopic (exact) mass is 396 g/mol. The third kappa shape index (κ3) is 4.75. The molecule has 2 aromatic rings. The lowest BCUT2D eigenvalue weighted by Gasteiger charge is -2.23. The van der Waals surface area contributed by atoms with Crippen molar-refractivity contribution in [2.75, 3.05) is 38.2 Å². The summed E-state index contributed by atoms with van der Waals surface area (Å²) in [6, 6.07) is 10.7. The molecule has 0 N–H and O–H groups in total. The maximum absolute atomic E-state index is 13.5. The Morgan fingerprint density at radius 1 is 1.00 bits per heavy atom. The summed E-state index contributed by atoms with van der Waals surface area (Å²) in [6.45, 7) is 1.69. The van der Waals surface area contributed by atoms with Crippen LogP contribution in [0.3, 0.4) is 0 Å². The lowest BCUT2D eigenvalue weighted by molar-refractivity contribution is 0.414. The molecule has 3 rings (SSSR count). The summed E-state index contributed by atoms with van der Waals surface area (Å²) in [5.41, 5.74) is 1.22. The van der Waals surface area contributed by atoms with E-state index >= 15 is 0 Å². The summed E-state index contributed by atoms with van der Waals surface area (Å²) in [7, 11) is -1.95. The van der Waals surface area contributed by atoms with E-state index in [1.165, 1.54) is 17.5 Å². The minimum atomic E-state index is -3.49. The fourth-order valence-electron chi connectivity index (χ4n) is 3.18. The minimum absolute atomic E-state index is 0.102. The standard InChI is InChI=1S/C19H22F2N2O3S/c1-26-17-5-2-4-15(12-17)14-27(24,25)23-9-3-8-22(10-11-23)16-6-7-18(20)19(21)13-16/h2,4-7,12-13H,3,8-11,14H2,1H3. The SMILES string of the molecule is COc1cccc(CS(=O)(=O)N2CCCN(c3ccc(F)c(F)c3)CC2)c1. The molecular formula is C19H22F2N2O3S. The van der Waals surface area contributed by atoms with Crippen LogP contribution in [0, 0.1) is 11.6 Å². The van der Waals surface area contributed by atoms with Gasteiger partial charge in [-0.3, -0.25) is 0 Å². The summed E-state index contributed by atoms with van der Waals surface area (Å²) >= 11 is 0. The van der Waals surface area contributed by atoms with Gasteiger partial charge in [-0.15, -0.1) is 0 Å². The summed E-state index contributed by atoms with van der Waals surface area (Å²) in [4.78, 5) is 1.88. The predicted octanol–water partition coefficient (Wildman–Crippen LogP) is 3.02. The topological polar surface area (TPSA) is 49.9 Å². The molecule has 27 heavy (non-hydrogen) atoms. The second kappa shape index (κ2) is 8.22. The Morgan fingerprint density at radius 3 is 2.56 bits per heavy atom. The van der Waals surface area contributed by atoms with E-state index in [2.05, 4.69) is 0 Å². The Hall–Kier alpha value is -2.19. The zero-order valence-electron chi connectivity index (χ0n) is 15.1. The molecule has 1 saturated heterocycles. The highest BCUT2D eigenvalue weighted by Gasteiger charge is 2.26. The van der Waals surface area contributed by atoms with Gasteiger partial charge in [0, 0.05) is 37.9 Å². The maximum Gasteiger partial charge on any atom is 0.218 e. The van der Waals surface area contributed by atoms with Crippen molar-refractivity contribution >= 4 is 15.7 Å². The molecule has 1 fully saturated rings. The highest BCUT2D eigenvalue weighted by molar-refractivity contribution is 7.88. The Bertz CT molecular complexity index is 906. The molecule has 1 aliphatic heterocycles. The van der Waals surface area contributed by atoms with Crippen LogP contribution in [-0.4, -0.2) is 46.0 Å². The summed E-state index contributed by atoms with van der Waals surface area (Å²) < 4.78 is 58.8. The molecule has 0 bridgehead atoms. The second-order valence-electron chi connectivity index (χ2n) is 6.45. The number of rotatable bonds is 5. The van der Waals surface area contributed by atoms with Crippen LogP contribution < -0.4 is 9.64 Å². The van der Waals surface area contributed by atoms with Crippen LogP contribution in [0.25, 0.3) is 0 Å². The lowest BCUT2D eigenvalue weighted by Crippen LogP contribution is -2.36. The molecule has 2 aromatic carbocycles. The van der Waals surface area contributed by atoms with Crippen LogP contribution >= 0.6 is 0 Å². The predicted molar refractivity (Wildman–Crippen MR) is 100 cm³/mol. The largest absolute Gasteiger partial charge is 0.497 e. The highest BCUT2D eigenvalue weighted by Crippen LogP contribution is 2.22. The van der Waals surface area contributed by atoms with E-state index in [9.17, 15) is 17.2 Å². The van der Waals surface area contributed by atoms with E-state index in [0.717, 1.165) is 12.1 Å². The first-order chi connectivity index (χ1) is 12.9. The number of sulfonamides is 1. The first-order valence-electron chi connectivity index (χ1n) is 8.70. The van der Waals surface area contributed by atoms with Gasteiger partial charge >= 0.3 is 0 Å². The number of methoxy groups -OCH3 is 1. The molecule has 0 atom stereocenters. The van der Waals surface area contributed by atoms with Crippen LogP contribution in [0.2, 0.25) is 0 Å². The molecule has 8 heteroatoms. The van der Waals surface area contributed by atoms with E-state index in [1.54, 1.807) is 24.3 Å². The van der Waals surface area contributed by atoms with Crippen LogP contribution in [0.15, 0.2) is 42.5 Å². The van der Waals surface area contributed by atoms with Gasteiger partial charge in [-0.25, -0.2) is 17.2 Å². The molecule has 1 aliphatic rings. The van der Waals surface area contributed by atoms with Gasteiger partial charge in [0.1, 0.15) is 5.75 Å². The van der Waals surface area contributed by atoms with Crippen LogP contribution in [0.4, 0.5) is 14.5 Å². The quantitative estimate of drug-likeness (QED) is 0.780. The van der Waals surface area contributed by atoms with Gasteiger partial charge in [-0.2, -0.15) is 4.31 Å². The van der Waals surface area contributed by atoms with Crippen LogP contribution in [0.5, 0.6) is 5.75 Å². The molecule has 0 aliphatic carbocycles. The first kappa shape index (κ1) is 19.6. The summed E-state index contributed by atoms with van der Waals surface area (Å²) in [6.07, 6.45) is 0.607. The zero-order valence-corrected chi connectivity index (χ0v) is 15.9. The molecule has 1 heterocycles. The third-order valence-corrected chi connectivity index (χ3v) is 6.45. The summed E-state index contributed by atoms with van der Waals surface area (Å²) in [5.74, 6) is -1.28. The number of benzene rings is 2. The molecule has 5 nitrogen and oxygen atoms in total. The average Bonchev–Trinajstić information content (AvgIpc) is 2.90. The van der Waals surface area contributed by atoms with E-state index in [0.29, 0.717) is 49.6 Å². The lowest BCUT2D eigenvalue weighted by atomic mass is 10.2. The van der Waals surface area contributed by atoms with Crippen molar-refractivity contribution in [3.8, 4) is 5.75 Å². The van der Waals surface area contributed by atoms with Gasteiger partial charge in [0.15, 0.2) is 11.6 Å². The smallest absolute Gasteiger partial charge is 0.218 e. The fraction of sp³-hybridized carbons (Fsp3) is 0.368. The van der Waals surface area contributed by atoms with Crippen molar-refractivity contribution in [1.29, 1.82) is 0 Å². The molecular weight excluding hydrogens is 374 g/mol. The number of hydrogen-bond donors (Lipinski definition) is 0. The number of halogens is 2. The third-order valence-electron chi connectivity index (χ3n) is 4.60. The zero-order chi connectivity index (χ0) is 19.4. The number of nitrogens with zero attached hydrogens (tertiary/aromatic N) is 2. The van der Waals surface area contributed by atoms with Crippen molar-refractivity contribution in [3.63, 3.8) is 0 Å². The molecule has 0 amide bonds. The molecule has 0 aromatic heterocycles. The second-order valence-corrected chi connectivity index (χ2v) is 8.41.